The number of hydrogen-bond acceptors (Lipinski definition) is 3. The minimum absolute atomic E-state index is 0.0779. The highest BCUT2D eigenvalue weighted by atomic mass is 16.5. The van der Waals surface area contributed by atoms with E-state index in [1.54, 1.807) is 6.92 Å². The largest absolute Gasteiger partial charge is 0.458 e. The minimum Gasteiger partial charge on any atom is -0.458 e. The second-order valence-corrected chi connectivity index (χ2v) is 6.95. The molecule has 2 aromatic rings. The maximum Gasteiger partial charge on any atom is 0.332 e. The first-order valence-corrected chi connectivity index (χ1v) is 9.15. The topological polar surface area (TPSA) is 55.4 Å². The predicted octanol–water partition coefficient (Wildman–Crippen LogP) is 4.43. The van der Waals surface area contributed by atoms with Crippen LogP contribution in [0.1, 0.15) is 44.7 Å². The Hall–Kier alpha value is -2.88. The normalized spacial score (nSPS) is 12.7. The molecule has 1 atom stereocenters. The molecule has 0 heterocycles. The van der Waals surface area contributed by atoms with E-state index in [0.29, 0.717) is 5.70 Å². The number of benzene rings is 2. The summed E-state index contributed by atoms with van der Waals surface area (Å²) in [5.74, 6) is -0.653. The van der Waals surface area contributed by atoms with Gasteiger partial charge in [-0.05, 0) is 24.0 Å². The summed E-state index contributed by atoms with van der Waals surface area (Å²) in [6.07, 6.45) is 0.979. The molecule has 0 saturated carbocycles. The van der Waals surface area contributed by atoms with Crippen molar-refractivity contribution in [3.63, 3.8) is 0 Å². The zero-order chi connectivity index (χ0) is 19.8. The number of nitrogens with one attached hydrogen (secondary N) is 1. The summed E-state index contributed by atoms with van der Waals surface area (Å²) < 4.78 is 5.87. The Labute approximate surface area is 161 Å². The lowest BCUT2D eigenvalue weighted by Gasteiger charge is -2.30. The molecule has 0 aliphatic carbocycles. The Balaban J connectivity index is 2.35. The van der Waals surface area contributed by atoms with Gasteiger partial charge < -0.3 is 10.1 Å². The van der Waals surface area contributed by atoms with Crippen molar-refractivity contribution in [2.24, 2.45) is 5.92 Å². The Morgan fingerprint density at radius 2 is 1.37 bits per heavy atom. The van der Waals surface area contributed by atoms with Crippen LogP contribution < -0.4 is 5.32 Å². The van der Waals surface area contributed by atoms with E-state index in [-0.39, 0.29) is 23.8 Å². The molecule has 4 heteroatoms. The molecule has 0 fully saturated rings. The number of carbonyl (C=O) groups excluding carboxylic acids is 2. The van der Waals surface area contributed by atoms with Gasteiger partial charge in [-0.1, -0.05) is 74.5 Å². The predicted molar refractivity (Wildman–Crippen MR) is 107 cm³/mol. The molecule has 2 rings (SSSR count). The van der Waals surface area contributed by atoms with E-state index in [2.05, 4.69) is 29.6 Å². The number of amides is 1. The Morgan fingerprint density at radius 3 is 1.78 bits per heavy atom. The Kier molecular flexibility index (Phi) is 7.35. The lowest BCUT2D eigenvalue weighted by Crippen LogP contribution is -2.31. The molecule has 142 valence electrons. The summed E-state index contributed by atoms with van der Waals surface area (Å²) in [7, 11) is 0. The molecule has 0 unspecified atom stereocenters. The van der Waals surface area contributed by atoms with Gasteiger partial charge in [0.25, 0.3) is 0 Å². The third-order valence-electron chi connectivity index (χ3n) is 4.26. The Morgan fingerprint density at radius 1 is 0.889 bits per heavy atom. The van der Waals surface area contributed by atoms with Gasteiger partial charge in [-0.2, -0.15) is 0 Å². The van der Waals surface area contributed by atoms with Crippen molar-refractivity contribution in [1.82, 2.24) is 5.32 Å². The van der Waals surface area contributed by atoms with Gasteiger partial charge in [0.1, 0.15) is 6.10 Å². The minimum atomic E-state index is -0.461. The summed E-state index contributed by atoms with van der Waals surface area (Å²) in [5.41, 5.74) is 2.65. The van der Waals surface area contributed by atoms with Gasteiger partial charge in [-0.25, -0.2) is 4.79 Å². The molecule has 0 aromatic heterocycles. The summed E-state index contributed by atoms with van der Waals surface area (Å²) in [4.78, 5) is 23.6. The van der Waals surface area contributed by atoms with Gasteiger partial charge in [0, 0.05) is 24.6 Å². The van der Waals surface area contributed by atoms with E-state index < -0.39 is 5.97 Å². The number of rotatable bonds is 7. The summed E-state index contributed by atoms with van der Waals surface area (Å²) in [6, 6.07) is 20.1. The van der Waals surface area contributed by atoms with E-state index in [4.69, 9.17) is 4.74 Å². The van der Waals surface area contributed by atoms with Gasteiger partial charge in [-0.3, -0.25) is 4.79 Å². The van der Waals surface area contributed by atoms with Crippen molar-refractivity contribution in [2.75, 3.05) is 0 Å². The second-order valence-electron chi connectivity index (χ2n) is 6.95. The maximum atomic E-state index is 12.5. The molecule has 0 aliphatic rings. The van der Waals surface area contributed by atoms with Gasteiger partial charge in [-0.15, -0.1) is 0 Å². The molecule has 0 saturated heterocycles. The van der Waals surface area contributed by atoms with Crippen LogP contribution >= 0.6 is 0 Å². The number of ether oxygens (including phenoxy) is 1. The van der Waals surface area contributed by atoms with Crippen molar-refractivity contribution in [1.29, 1.82) is 0 Å². The number of hydrogen-bond donors (Lipinski definition) is 1. The van der Waals surface area contributed by atoms with Crippen LogP contribution in [-0.4, -0.2) is 18.0 Å². The van der Waals surface area contributed by atoms with E-state index >= 15 is 0 Å². The molecule has 1 N–H and O–H groups in total. The molecule has 27 heavy (non-hydrogen) atoms. The lowest BCUT2D eigenvalue weighted by molar-refractivity contribution is -0.146. The molecule has 0 spiro atoms. The molecule has 1 amide bonds. The number of allylic oxidation sites excluding steroid dienone is 1. The second kappa shape index (κ2) is 9.72. The van der Waals surface area contributed by atoms with E-state index in [1.807, 2.05) is 50.2 Å². The van der Waals surface area contributed by atoms with Crippen molar-refractivity contribution in [3.8, 4) is 0 Å². The van der Waals surface area contributed by atoms with Crippen molar-refractivity contribution in [3.05, 3.63) is 83.6 Å². The van der Waals surface area contributed by atoms with Crippen molar-refractivity contribution >= 4 is 11.9 Å². The SMILES string of the molecule is CC(=O)N/C(C)=C\C(=O)O[C@H](C(C)C)C(c1ccccc1)c1ccccc1. The zero-order valence-electron chi connectivity index (χ0n) is 16.3. The highest BCUT2D eigenvalue weighted by molar-refractivity contribution is 5.84. The van der Waals surface area contributed by atoms with Crippen LogP contribution in [0.15, 0.2) is 72.4 Å². The molecule has 0 radical (unpaired) electrons. The zero-order valence-corrected chi connectivity index (χ0v) is 16.3. The fourth-order valence-corrected chi connectivity index (χ4v) is 3.14. The van der Waals surface area contributed by atoms with Crippen LogP contribution in [0.3, 0.4) is 0 Å². The first-order valence-electron chi connectivity index (χ1n) is 9.15. The standard InChI is InChI=1S/C23H27NO3/c1-16(2)23(27-21(26)15-17(3)24-18(4)25)22(19-11-7-5-8-12-19)20-13-9-6-10-14-20/h5-16,22-23H,1-4H3,(H,24,25)/b17-15-/t23-/m1/s1. The van der Waals surface area contributed by atoms with Crippen LogP contribution in [0.4, 0.5) is 0 Å². The molecule has 4 nitrogen and oxygen atoms in total. The van der Waals surface area contributed by atoms with E-state index in [0.717, 1.165) is 11.1 Å². The fourth-order valence-electron chi connectivity index (χ4n) is 3.14. The van der Waals surface area contributed by atoms with Gasteiger partial charge >= 0.3 is 5.97 Å². The first kappa shape index (κ1) is 20.4. The molecule has 0 aliphatic heterocycles. The third-order valence-corrected chi connectivity index (χ3v) is 4.26. The van der Waals surface area contributed by atoms with Crippen LogP contribution in [0.2, 0.25) is 0 Å². The van der Waals surface area contributed by atoms with Gasteiger partial charge in [0.15, 0.2) is 0 Å². The monoisotopic (exact) mass is 365 g/mol. The van der Waals surface area contributed by atoms with Gasteiger partial charge in [0.2, 0.25) is 5.91 Å². The van der Waals surface area contributed by atoms with Crippen molar-refractivity contribution in [2.45, 2.75) is 39.7 Å². The highest BCUT2D eigenvalue weighted by Gasteiger charge is 2.30. The maximum absolute atomic E-state index is 12.5. The summed E-state index contributed by atoms with van der Waals surface area (Å²) in [5, 5.41) is 2.59. The fraction of sp³-hybridized carbons (Fsp3) is 0.304. The summed E-state index contributed by atoms with van der Waals surface area (Å²) in [6.45, 7) is 7.15. The molecule has 0 bridgehead atoms. The first-order chi connectivity index (χ1) is 12.9. The molecular weight excluding hydrogens is 338 g/mol. The van der Waals surface area contributed by atoms with Crippen LogP contribution in [0.5, 0.6) is 0 Å². The van der Waals surface area contributed by atoms with Crippen LogP contribution in [-0.2, 0) is 14.3 Å². The van der Waals surface area contributed by atoms with Crippen LogP contribution in [0, 0.1) is 5.92 Å². The van der Waals surface area contributed by atoms with Crippen molar-refractivity contribution < 1.29 is 14.3 Å². The smallest absolute Gasteiger partial charge is 0.332 e. The highest BCUT2D eigenvalue weighted by Crippen LogP contribution is 2.33. The van der Waals surface area contributed by atoms with E-state index in [9.17, 15) is 9.59 Å². The Bertz CT molecular complexity index is 742. The average Bonchev–Trinajstić information content (AvgIpc) is 2.62. The number of carbonyl (C=O) groups is 2. The average molecular weight is 365 g/mol. The molecular formula is C23H27NO3. The quantitative estimate of drug-likeness (QED) is 0.583. The van der Waals surface area contributed by atoms with Gasteiger partial charge in [0.05, 0.1) is 0 Å². The third kappa shape index (κ3) is 6.10. The molecule has 2 aromatic carbocycles. The lowest BCUT2D eigenvalue weighted by atomic mass is 9.82. The number of esters is 1. The van der Waals surface area contributed by atoms with E-state index in [1.165, 1.54) is 13.0 Å². The van der Waals surface area contributed by atoms with Crippen LogP contribution in [0.25, 0.3) is 0 Å². The summed E-state index contributed by atoms with van der Waals surface area (Å²) >= 11 is 0.